The number of hydrogen-bond acceptors (Lipinski definition) is 6. The second-order valence-corrected chi connectivity index (χ2v) is 15.7. The van der Waals surface area contributed by atoms with Crippen molar-refractivity contribution in [2.24, 2.45) is 5.41 Å². The first-order valence-electron chi connectivity index (χ1n) is 18.0. The van der Waals surface area contributed by atoms with Gasteiger partial charge < -0.3 is 14.4 Å². The third-order valence-corrected chi connectivity index (χ3v) is 10.6. The first kappa shape index (κ1) is 34.6. The fourth-order valence-electron chi connectivity index (χ4n) is 8.30. The molecule has 3 aromatic rings. The molecule has 0 amide bonds. The van der Waals surface area contributed by atoms with Crippen LogP contribution in [0.15, 0.2) is 42.5 Å². The monoisotopic (exact) mass is 655 g/mol. The number of aryl methyl sites for hydroxylation is 2. The van der Waals surface area contributed by atoms with Crippen molar-refractivity contribution < 1.29 is 18.7 Å². The maximum Gasteiger partial charge on any atom is 0.340 e. The Morgan fingerprint density at radius 3 is 2.33 bits per heavy atom. The largest absolute Gasteiger partial charge is 0.461 e. The van der Waals surface area contributed by atoms with E-state index in [1.54, 1.807) is 12.1 Å². The van der Waals surface area contributed by atoms with E-state index in [2.05, 4.69) is 34.9 Å². The van der Waals surface area contributed by atoms with Crippen LogP contribution in [0, 0.1) is 25.1 Å². The number of carbonyl (C=O) groups is 1. The van der Waals surface area contributed by atoms with Crippen molar-refractivity contribution in [3.05, 3.63) is 81.9 Å². The van der Waals surface area contributed by atoms with E-state index < -0.39 is 11.7 Å². The minimum atomic E-state index is -0.902. The summed E-state index contributed by atoms with van der Waals surface area (Å²) in [6, 6.07) is 13.8. The number of halogens is 1. The summed E-state index contributed by atoms with van der Waals surface area (Å²) >= 11 is 0. The third kappa shape index (κ3) is 7.47. The van der Waals surface area contributed by atoms with Crippen molar-refractivity contribution >= 4 is 11.7 Å². The zero-order chi connectivity index (χ0) is 34.2. The molecule has 1 aromatic heterocycles. The van der Waals surface area contributed by atoms with E-state index in [0.29, 0.717) is 12.0 Å². The highest BCUT2D eigenvalue weighted by Gasteiger charge is 2.41. The standard InChI is InChI=1S/C41H54FN3O3/c1-27(2)47-39(46)38(48-40(5,6)7)36-29(4)43-28(3)35(37(36)45-22-19-41(20-23-45)17-10-11-18-41)31-14-15-32-25-44(21-16-30(32)24-31)26-33-12-8-9-13-34(33)42/h8-9,12-15,24,27,38H,10-11,16-23,25-26H2,1-7H3. The fourth-order valence-corrected chi connectivity index (χ4v) is 8.30. The lowest BCUT2D eigenvalue weighted by molar-refractivity contribution is -0.171. The molecule has 1 saturated heterocycles. The Bertz CT molecular complexity index is 1630. The molecule has 1 atom stereocenters. The molecule has 2 aliphatic heterocycles. The molecule has 258 valence electrons. The second kappa shape index (κ2) is 13.9. The van der Waals surface area contributed by atoms with Gasteiger partial charge in [-0.2, -0.15) is 0 Å². The normalized spacial score (nSPS) is 18.7. The summed E-state index contributed by atoms with van der Waals surface area (Å²) in [5, 5.41) is 0. The minimum absolute atomic E-state index is 0.146. The van der Waals surface area contributed by atoms with Gasteiger partial charge in [0.1, 0.15) is 5.82 Å². The van der Waals surface area contributed by atoms with Gasteiger partial charge in [-0.15, -0.1) is 0 Å². The van der Waals surface area contributed by atoms with Gasteiger partial charge in [-0.05, 0) is 109 Å². The summed E-state index contributed by atoms with van der Waals surface area (Å²) in [5.41, 5.74) is 9.05. The van der Waals surface area contributed by atoms with E-state index >= 15 is 0 Å². The number of fused-ring (bicyclic) bond motifs is 1. The Morgan fingerprint density at radius 2 is 1.67 bits per heavy atom. The molecule has 7 heteroatoms. The van der Waals surface area contributed by atoms with Crippen LogP contribution in [0.4, 0.5) is 10.1 Å². The molecule has 3 heterocycles. The van der Waals surface area contributed by atoms with E-state index in [1.165, 1.54) is 36.8 Å². The number of carbonyl (C=O) groups excluding carboxylic acids is 1. The number of anilines is 1. The highest BCUT2D eigenvalue weighted by atomic mass is 19.1. The Morgan fingerprint density at radius 1 is 0.958 bits per heavy atom. The SMILES string of the molecule is Cc1nc(C)c(C(OC(C)(C)C)C(=O)OC(C)C)c(N2CCC3(CCCC3)CC2)c1-c1ccc2c(c1)CCN(Cc1ccccc1F)C2. The molecular formula is C41H54FN3O3. The number of ether oxygens (including phenoxy) is 2. The Labute approximate surface area is 287 Å². The number of piperidine rings is 1. The third-order valence-electron chi connectivity index (χ3n) is 10.6. The number of hydrogen-bond donors (Lipinski definition) is 0. The molecule has 1 unspecified atom stereocenters. The predicted octanol–water partition coefficient (Wildman–Crippen LogP) is 9.03. The van der Waals surface area contributed by atoms with Gasteiger partial charge in [0.05, 0.1) is 17.4 Å². The Kier molecular flexibility index (Phi) is 10.0. The summed E-state index contributed by atoms with van der Waals surface area (Å²) in [5.74, 6) is -0.516. The maximum atomic E-state index is 14.4. The Balaban J connectivity index is 1.42. The van der Waals surface area contributed by atoms with Crippen LogP contribution in [-0.4, -0.2) is 47.2 Å². The average Bonchev–Trinajstić information content (AvgIpc) is 3.48. The van der Waals surface area contributed by atoms with Crippen molar-refractivity contribution in [2.45, 2.75) is 124 Å². The molecule has 0 N–H and O–H groups in total. The quantitative estimate of drug-likeness (QED) is 0.226. The van der Waals surface area contributed by atoms with E-state index in [-0.39, 0.29) is 17.9 Å². The molecule has 48 heavy (non-hydrogen) atoms. The van der Waals surface area contributed by atoms with Crippen LogP contribution < -0.4 is 4.90 Å². The summed E-state index contributed by atoms with van der Waals surface area (Å²) in [6.07, 6.45) is 7.36. The smallest absolute Gasteiger partial charge is 0.340 e. The number of rotatable bonds is 8. The molecule has 3 aliphatic rings. The van der Waals surface area contributed by atoms with Gasteiger partial charge in [0.15, 0.2) is 6.10 Å². The van der Waals surface area contributed by atoms with Gasteiger partial charge in [0, 0.05) is 60.8 Å². The number of benzene rings is 2. The lowest BCUT2D eigenvalue weighted by Crippen LogP contribution is -2.41. The van der Waals surface area contributed by atoms with Gasteiger partial charge in [-0.25, -0.2) is 9.18 Å². The second-order valence-electron chi connectivity index (χ2n) is 15.7. The van der Waals surface area contributed by atoms with E-state index in [1.807, 2.05) is 53.7 Å². The maximum absolute atomic E-state index is 14.4. The summed E-state index contributed by atoms with van der Waals surface area (Å²) < 4.78 is 26.9. The number of aromatic nitrogens is 1. The van der Waals surface area contributed by atoms with Gasteiger partial charge >= 0.3 is 5.97 Å². The fraction of sp³-hybridized carbons (Fsp3) is 0.561. The van der Waals surface area contributed by atoms with Crippen LogP contribution in [-0.2, 0) is 33.8 Å². The van der Waals surface area contributed by atoms with Gasteiger partial charge in [0.2, 0.25) is 0 Å². The van der Waals surface area contributed by atoms with E-state index in [9.17, 15) is 9.18 Å². The summed E-state index contributed by atoms with van der Waals surface area (Å²) in [6.45, 7) is 18.0. The number of esters is 1. The lowest BCUT2D eigenvalue weighted by Gasteiger charge is -2.43. The number of pyridine rings is 1. The van der Waals surface area contributed by atoms with Crippen molar-refractivity contribution in [2.75, 3.05) is 24.5 Å². The molecule has 6 rings (SSSR count). The predicted molar refractivity (Wildman–Crippen MR) is 191 cm³/mol. The first-order chi connectivity index (χ1) is 22.8. The lowest BCUT2D eigenvalue weighted by atomic mass is 9.76. The topological polar surface area (TPSA) is 54.9 Å². The molecule has 1 spiro atoms. The van der Waals surface area contributed by atoms with E-state index in [0.717, 1.165) is 84.8 Å². The van der Waals surface area contributed by atoms with Crippen molar-refractivity contribution in [3.8, 4) is 11.1 Å². The van der Waals surface area contributed by atoms with Crippen LogP contribution in [0.5, 0.6) is 0 Å². The molecular weight excluding hydrogens is 601 g/mol. The molecule has 0 bridgehead atoms. The van der Waals surface area contributed by atoms with Gasteiger partial charge in [-0.1, -0.05) is 49.2 Å². The van der Waals surface area contributed by atoms with Crippen LogP contribution in [0.25, 0.3) is 11.1 Å². The molecule has 2 aromatic carbocycles. The van der Waals surface area contributed by atoms with Gasteiger partial charge in [-0.3, -0.25) is 9.88 Å². The average molecular weight is 656 g/mol. The van der Waals surface area contributed by atoms with Gasteiger partial charge in [0.25, 0.3) is 0 Å². The zero-order valence-electron chi connectivity index (χ0n) is 30.1. The van der Waals surface area contributed by atoms with Crippen LogP contribution in [0.1, 0.15) is 113 Å². The van der Waals surface area contributed by atoms with Crippen LogP contribution in [0.3, 0.4) is 0 Å². The molecule has 6 nitrogen and oxygen atoms in total. The highest BCUT2D eigenvalue weighted by Crippen LogP contribution is 2.50. The van der Waals surface area contributed by atoms with Crippen molar-refractivity contribution in [1.82, 2.24) is 9.88 Å². The molecule has 2 fully saturated rings. The summed E-state index contributed by atoms with van der Waals surface area (Å²) in [7, 11) is 0. The minimum Gasteiger partial charge on any atom is -0.461 e. The van der Waals surface area contributed by atoms with E-state index in [4.69, 9.17) is 14.5 Å². The summed E-state index contributed by atoms with van der Waals surface area (Å²) in [4.78, 5) is 23.9. The molecule has 0 radical (unpaired) electrons. The van der Waals surface area contributed by atoms with Crippen LogP contribution in [0.2, 0.25) is 0 Å². The molecule has 1 aliphatic carbocycles. The van der Waals surface area contributed by atoms with Crippen molar-refractivity contribution in [1.29, 1.82) is 0 Å². The van der Waals surface area contributed by atoms with Crippen LogP contribution >= 0.6 is 0 Å². The first-order valence-corrected chi connectivity index (χ1v) is 18.0. The molecule has 1 saturated carbocycles. The zero-order valence-corrected chi connectivity index (χ0v) is 30.1. The highest BCUT2D eigenvalue weighted by molar-refractivity contribution is 5.88. The number of nitrogens with zero attached hydrogens (tertiary/aromatic N) is 3. The Hall–Kier alpha value is -3.29. The van der Waals surface area contributed by atoms with Crippen molar-refractivity contribution in [3.63, 3.8) is 0 Å².